The third-order valence-corrected chi connectivity index (χ3v) is 12.1. The van der Waals surface area contributed by atoms with Crippen LogP contribution >= 0.6 is 0 Å². The Morgan fingerprint density at radius 1 is 0.544 bits per heavy atom. The molecule has 1 aliphatic carbocycles. The van der Waals surface area contributed by atoms with Crippen molar-refractivity contribution in [3.8, 4) is 33.6 Å². The molecule has 0 saturated heterocycles. The third-order valence-electron chi connectivity index (χ3n) is 12.1. The van der Waals surface area contributed by atoms with Crippen molar-refractivity contribution in [2.75, 3.05) is 0 Å². The number of aromatic nitrogens is 2. The molecule has 10 rings (SSSR count). The third kappa shape index (κ3) is 6.29. The summed E-state index contributed by atoms with van der Waals surface area (Å²) >= 11 is 0. The fourth-order valence-corrected chi connectivity index (χ4v) is 9.08. The molecule has 2 aromatic heterocycles. The molecule has 1 unspecified atom stereocenters. The van der Waals surface area contributed by atoms with Crippen LogP contribution in [-0.2, 0) is 19.5 Å². The molecule has 7 aromatic carbocycles. The molecule has 0 saturated carbocycles. The van der Waals surface area contributed by atoms with Gasteiger partial charge in [0.1, 0.15) is 0 Å². The lowest BCUT2D eigenvalue weighted by atomic mass is 9.74. The quantitative estimate of drug-likeness (QED) is 0.165. The maximum Gasteiger partial charge on any atom is 0.0619 e. The Labute approximate surface area is 335 Å². The van der Waals surface area contributed by atoms with Crippen LogP contribution in [0.25, 0.3) is 72.4 Å². The highest BCUT2D eigenvalue weighted by Gasteiger charge is 2.29. The average molecular weight is 738 g/mol. The number of fused-ring (bicyclic) bond motifs is 6. The SMILES string of the molecule is CC(C)(C)C1C=Cc2c(c3cc(-c4ccccc4CNCc4ccccc4)ccc3n2-c2ccc(-c3cccc4c5ccccc5n(-c5ccccc5)c34)cc2)C1. The number of hydrogen-bond acceptors (Lipinski definition) is 1. The molecule has 0 radical (unpaired) electrons. The highest BCUT2D eigenvalue weighted by molar-refractivity contribution is 6.13. The van der Waals surface area contributed by atoms with Crippen LogP contribution in [0.1, 0.15) is 43.2 Å². The average Bonchev–Trinajstić information content (AvgIpc) is 3.77. The van der Waals surface area contributed by atoms with E-state index in [0.29, 0.717) is 5.92 Å². The van der Waals surface area contributed by atoms with E-state index in [1.54, 1.807) is 0 Å². The molecule has 0 aliphatic heterocycles. The van der Waals surface area contributed by atoms with E-state index in [4.69, 9.17) is 0 Å². The Bertz CT molecular complexity index is 2920. The van der Waals surface area contributed by atoms with Gasteiger partial charge in [-0.3, -0.25) is 0 Å². The fourth-order valence-electron chi connectivity index (χ4n) is 9.08. The van der Waals surface area contributed by atoms with Gasteiger partial charge in [0.05, 0.1) is 16.6 Å². The summed E-state index contributed by atoms with van der Waals surface area (Å²) in [6.45, 7) is 8.76. The van der Waals surface area contributed by atoms with Crippen molar-refractivity contribution < 1.29 is 0 Å². The summed E-state index contributed by atoms with van der Waals surface area (Å²) in [7, 11) is 0. The number of nitrogens with one attached hydrogen (secondary N) is 1. The lowest BCUT2D eigenvalue weighted by Crippen LogP contribution is -2.22. The Morgan fingerprint density at radius 3 is 2.00 bits per heavy atom. The summed E-state index contributed by atoms with van der Waals surface area (Å²) in [5.74, 6) is 0.460. The molecule has 9 aromatic rings. The second-order valence-corrected chi connectivity index (χ2v) is 16.6. The van der Waals surface area contributed by atoms with E-state index >= 15 is 0 Å². The fraction of sp³-hybridized carbons (Fsp3) is 0.148. The number of hydrogen-bond donors (Lipinski definition) is 1. The molecule has 278 valence electrons. The molecule has 2 heterocycles. The van der Waals surface area contributed by atoms with Gasteiger partial charge in [0.2, 0.25) is 0 Å². The molecule has 0 amide bonds. The predicted octanol–water partition coefficient (Wildman–Crippen LogP) is 13.6. The number of para-hydroxylation sites is 3. The molecule has 3 heteroatoms. The van der Waals surface area contributed by atoms with E-state index in [2.05, 4.69) is 217 Å². The largest absolute Gasteiger partial charge is 0.310 e. The van der Waals surface area contributed by atoms with Gasteiger partial charge in [-0.05, 0) is 99.7 Å². The Morgan fingerprint density at radius 2 is 1.19 bits per heavy atom. The first kappa shape index (κ1) is 35.0. The lowest BCUT2D eigenvalue weighted by Gasteiger charge is -2.30. The van der Waals surface area contributed by atoms with Crippen molar-refractivity contribution in [3.05, 3.63) is 198 Å². The summed E-state index contributed by atoms with van der Waals surface area (Å²) in [6, 6.07) is 62.1. The summed E-state index contributed by atoms with van der Waals surface area (Å²) in [5, 5.41) is 7.57. The van der Waals surface area contributed by atoms with E-state index < -0.39 is 0 Å². The molecule has 1 aliphatic rings. The monoisotopic (exact) mass is 737 g/mol. The van der Waals surface area contributed by atoms with E-state index in [9.17, 15) is 0 Å². The van der Waals surface area contributed by atoms with Crippen molar-refractivity contribution in [2.45, 2.75) is 40.3 Å². The van der Waals surface area contributed by atoms with Gasteiger partial charge in [-0.1, -0.05) is 154 Å². The van der Waals surface area contributed by atoms with Crippen molar-refractivity contribution in [1.29, 1.82) is 0 Å². The summed E-state index contributed by atoms with van der Waals surface area (Å²) in [5.41, 5.74) is 16.5. The molecule has 3 nitrogen and oxygen atoms in total. The van der Waals surface area contributed by atoms with Crippen molar-refractivity contribution in [3.63, 3.8) is 0 Å². The highest BCUT2D eigenvalue weighted by atomic mass is 15.0. The van der Waals surface area contributed by atoms with E-state index in [1.807, 2.05) is 0 Å². The number of rotatable bonds is 8. The molecule has 0 bridgehead atoms. The molecule has 1 atom stereocenters. The smallest absolute Gasteiger partial charge is 0.0619 e. The second-order valence-electron chi connectivity index (χ2n) is 16.6. The Kier molecular flexibility index (Phi) is 8.76. The second kappa shape index (κ2) is 14.3. The lowest BCUT2D eigenvalue weighted by molar-refractivity contribution is 0.291. The summed E-state index contributed by atoms with van der Waals surface area (Å²) < 4.78 is 4.91. The normalized spacial score (nSPS) is 14.1. The zero-order valence-electron chi connectivity index (χ0n) is 32.9. The maximum absolute atomic E-state index is 3.69. The van der Waals surface area contributed by atoms with E-state index in [-0.39, 0.29) is 5.41 Å². The molecular weight excluding hydrogens is 691 g/mol. The predicted molar refractivity (Wildman–Crippen MR) is 241 cm³/mol. The van der Waals surface area contributed by atoms with Crippen LogP contribution in [0.4, 0.5) is 0 Å². The number of allylic oxidation sites excluding steroid dienone is 1. The molecule has 57 heavy (non-hydrogen) atoms. The minimum absolute atomic E-state index is 0.169. The van der Waals surface area contributed by atoms with Crippen LogP contribution in [0.2, 0.25) is 0 Å². The van der Waals surface area contributed by atoms with Crippen LogP contribution in [0, 0.1) is 11.3 Å². The van der Waals surface area contributed by atoms with Gasteiger partial charge in [-0.2, -0.15) is 0 Å². The standard InChI is InChI=1S/C54H47N3/c1-54(2,3)41-28-32-52-49(34-41)48-33-39(44-20-11-10-17-40(44)36-55-35-37-15-6-4-7-16-37)27-31-51(48)56(52)43-29-25-38(26-30-43)45-22-14-23-47-46-21-12-13-24-50(46)57(53(45)47)42-18-8-5-9-19-42/h4-33,41,55H,34-36H2,1-3H3. The molecule has 1 N–H and O–H groups in total. The van der Waals surface area contributed by atoms with Gasteiger partial charge in [-0.25, -0.2) is 0 Å². The summed E-state index contributed by atoms with van der Waals surface area (Å²) in [4.78, 5) is 0. The van der Waals surface area contributed by atoms with Crippen LogP contribution in [0.3, 0.4) is 0 Å². The first-order chi connectivity index (χ1) is 27.9. The van der Waals surface area contributed by atoms with Gasteiger partial charge < -0.3 is 14.5 Å². The van der Waals surface area contributed by atoms with E-state index in [0.717, 1.165) is 19.5 Å². The minimum atomic E-state index is 0.169. The molecular formula is C54H47N3. The van der Waals surface area contributed by atoms with Gasteiger partial charge in [0, 0.05) is 51.9 Å². The van der Waals surface area contributed by atoms with Crippen molar-refractivity contribution in [2.24, 2.45) is 11.3 Å². The number of benzene rings is 7. The summed E-state index contributed by atoms with van der Waals surface area (Å²) in [6.07, 6.45) is 5.86. The van der Waals surface area contributed by atoms with Crippen LogP contribution < -0.4 is 5.32 Å². The van der Waals surface area contributed by atoms with Gasteiger partial charge in [-0.15, -0.1) is 0 Å². The minimum Gasteiger partial charge on any atom is -0.310 e. The van der Waals surface area contributed by atoms with Crippen LogP contribution in [0.15, 0.2) is 176 Å². The van der Waals surface area contributed by atoms with Gasteiger partial charge in [0.25, 0.3) is 0 Å². The highest BCUT2D eigenvalue weighted by Crippen LogP contribution is 2.43. The first-order valence-corrected chi connectivity index (χ1v) is 20.3. The maximum atomic E-state index is 3.69. The van der Waals surface area contributed by atoms with Crippen molar-refractivity contribution in [1.82, 2.24) is 14.5 Å². The van der Waals surface area contributed by atoms with Crippen LogP contribution in [-0.4, -0.2) is 9.13 Å². The van der Waals surface area contributed by atoms with Gasteiger partial charge in [0.15, 0.2) is 0 Å². The first-order valence-electron chi connectivity index (χ1n) is 20.3. The zero-order valence-corrected chi connectivity index (χ0v) is 32.9. The Balaban J connectivity index is 1.07. The molecule has 0 spiro atoms. The Hall–Kier alpha value is -6.42. The van der Waals surface area contributed by atoms with Crippen LogP contribution in [0.5, 0.6) is 0 Å². The van der Waals surface area contributed by atoms with E-state index in [1.165, 1.54) is 88.7 Å². The zero-order chi connectivity index (χ0) is 38.5. The van der Waals surface area contributed by atoms with Crippen molar-refractivity contribution >= 4 is 38.8 Å². The molecule has 0 fully saturated rings. The van der Waals surface area contributed by atoms with Gasteiger partial charge >= 0.3 is 0 Å². The number of nitrogens with zero attached hydrogens (tertiary/aromatic N) is 2. The topological polar surface area (TPSA) is 21.9 Å².